The van der Waals surface area contributed by atoms with E-state index in [9.17, 15) is 13.6 Å². The molecule has 0 unspecified atom stereocenters. The minimum Gasteiger partial charge on any atom is -0.435 e. The number of hydrogen-bond acceptors (Lipinski definition) is 3. The van der Waals surface area contributed by atoms with E-state index in [1.54, 1.807) is 23.9 Å². The van der Waals surface area contributed by atoms with E-state index in [0.29, 0.717) is 24.0 Å². The van der Waals surface area contributed by atoms with Crippen LogP contribution in [0.25, 0.3) is 0 Å². The van der Waals surface area contributed by atoms with Crippen molar-refractivity contribution >= 4 is 17.7 Å². The number of thioether (sulfide) groups is 1. The molecule has 0 aliphatic heterocycles. The summed E-state index contributed by atoms with van der Waals surface area (Å²) in [6, 6.07) is 6.51. The lowest BCUT2D eigenvalue weighted by molar-refractivity contribution is -0.118. The molecule has 23 heavy (non-hydrogen) atoms. The van der Waals surface area contributed by atoms with Gasteiger partial charge in [-0.05, 0) is 37.0 Å². The number of rotatable bonds is 8. The van der Waals surface area contributed by atoms with Crippen LogP contribution in [0.3, 0.4) is 0 Å². The van der Waals surface area contributed by atoms with Gasteiger partial charge in [0.05, 0.1) is 5.75 Å². The Bertz CT molecular complexity index is 476. The lowest BCUT2D eigenvalue weighted by Crippen LogP contribution is -2.28. The topological polar surface area (TPSA) is 38.3 Å². The lowest BCUT2D eigenvalue weighted by Gasteiger charge is -2.20. The molecule has 1 fully saturated rings. The number of benzene rings is 1. The van der Waals surface area contributed by atoms with Gasteiger partial charge in [0, 0.05) is 11.8 Å². The Morgan fingerprint density at radius 2 is 1.91 bits per heavy atom. The molecule has 0 radical (unpaired) electrons. The molecule has 0 heterocycles. The van der Waals surface area contributed by atoms with Crippen molar-refractivity contribution < 1.29 is 18.3 Å². The summed E-state index contributed by atoms with van der Waals surface area (Å²) in [5.41, 5.74) is 0.979. The van der Waals surface area contributed by atoms with Crippen LogP contribution in [0.1, 0.15) is 37.7 Å². The summed E-state index contributed by atoms with van der Waals surface area (Å²) in [6.45, 7) is -2.25. The molecule has 1 aromatic carbocycles. The second kappa shape index (κ2) is 9.75. The molecule has 0 saturated heterocycles. The van der Waals surface area contributed by atoms with Crippen LogP contribution in [0.4, 0.5) is 8.78 Å². The molecule has 1 aromatic rings. The first-order valence-corrected chi connectivity index (χ1v) is 9.10. The first-order valence-electron chi connectivity index (χ1n) is 8.05. The zero-order valence-corrected chi connectivity index (χ0v) is 13.9. The quantitative estimate of drug-likeness (QED) is 0.775. The zero-order valence-electron chi connectivity index (χ0n) is 13.1. The number of hydrogen-bond donors (Lipinski definition) is 1. The van der Waals surface area contributed by atoms with Crippen LogP contribution < -0.4 is 10.1 Å². The van der Waals surface area contributed by atoms with Gasteiger partial charge in [0.1, 0.15) is 5.75 Å². The van der Waals surface area contributed by atoms with Crippen LogP contribution in [-0.2, 0) is 11.2 Å². The van der Waals surface area contributed by atoms with E-state index in [2.05, 4.69) is 10.1 Å². The van der Waals surface area contributed by atoms with E-state index in [4.69, 9.17) is 0 Å². The summed E-state index contributed by atoms with van der Waals surface area (Å²) in [5, 5.41) is 3.54. The fourth-order valence-corrected chi connectivity index (χ4v) is 3.82. The van der Waals surface area contributed by atoms with Crippen LogP contribution in [-0.4, -0.2) is 30.1 Å². The minimum absolute atomic E-state index is 0.0678. The molecule has 0 atom stereocenters. The molecule has 1 aliphatic carbocycles. The van der Waals surface area contributed by atoms with Crippen molar-refractivity contribution in [3.05, 3.63) is 29.8 Å². The molecule has 1 saturated carbocycles. The van der Waals surface area contributed by atoms with Crippen molar-refractivity contribution in [3.63, 3.8) is 0 Å². The Morgan fingerprint density at radius 3 is 2.57 bits per heavy atom. The van der Waals surface area contributed by atoms with Crippen molar-refractivity contribution in [2.45, 2.75) is 50.4 Å². The van der Waals surface area contributed by atoms with Crippen LogP contribution in [0.15, 0.2) is 24.3 Å². The Labute approximate surface area is 140 Å². The van der Waals surface area contributed by atoms with Gasteiger partial charge in [-0.2, -0.15) is 8.78 Å². The van der Waals surface area contributed by atoms with E-state index >= 15 is 0 Å². The van der Waals surface area contributed by atoms with Gasteiger partial charge in [0.2, 0.25) is 5.91 Å². The van der Waals surface area contributed by atoms with E-state index in [0.717, 1.165) is 5.56 Å². The zero-order chi connectivity index (χ0) is 16.5. The van der Waals surface area contributed by atoms with Gasteiger partial charge in [-0.15, -0.1) is 11.8 Å². The first kappa shape index (κ1) is 18.0. The standard InChI is InChI=1S/C17H23F2NO2S/c18-17(19)22-14-8-6-13(7-9-14)10-11-20-16(21)12-23-15-4-2-1-3-5-15/h6-9,15,17H,1-5,10-12H2,(H,20,21). The third kappa shape index (κ3) is 7.20. The summed E-state index contributed by atoms with van der Waals surface area (Å²) in [4.78, 5) is 11.8. The fourth-order valence-electron chi connectivity index (χ4n) is 2.66. The van der Waals surface area contributed by atoms with Crippen molar-refractivity contribution in [2.75, 3.05) is 12.3 Å². The smallest absolute Gasteiger partial charge is 0.387 e. The molecule has 6 heteroatoms. The maximum atomic E-state index is 12.0. The van der Waals surface area contributed by atoms with Crippen LogP contribution in [0.2, 0.25) is 0 Å². The number of halogens is 2. The summed E-state index contributed by atoms with van der Waals surface area (Å²) in [5.74, 6) is 0.737. The van der Waals surface area contributed by atoms with Crippen molar-refractivity contribution in [1.82, 2.24) is 5.32 Å². The fraction of sp³-hybridized carbons (Fsp3) is 0.588. The number of amides is 1. The van der Waals surface area contributed by atoms with E-state index in [-0.39, 0.29) is 11.7 Å². The van der Waals surface area contributed by atoms with Gasteiger partial charge in [-0.3, -0.25) is 4.79 Å². The molecule has 1 aliphatic rings. The van der Waals surface area contributed by atoms with Gasteiger partial charge < -0.3 is 10.1 Å². The van der Waals surface area contributed by atoms with Crippen molar-refractivity contribution in [2.24, 2.45) is 0 Å². The average Bonchev–Trinajstić information content (AvgIpc) is 2.55. The predicted molar refractivity (Wildman–Crippen MR) is 89.1 cm³/mol. The van der Waals surface area contributed by atoms with Gasteiger partial charge in [-0.25, -0.2) is 0 Å². The Morgan fingerprint density at radius 1 is 1.22 bits per heavy atom. The highest BCUT2D eigenvalue weighted by molar-refractivity contribution is 8.00. The molecule has 2 rings (SSSR count). The number of nitrogens with one attached hydrogen (secondary N) is 1. The molecular weight excluding hydrogens is 320 g/mol. The van der Waals surface area contributed by atoms with Gasteiger partial charge in [0.15, 0.2) is 0 Å². The maximum Gasteiger partial charge on any atom is 0.387 e. The lowest BCUT2D eigenvalue weighted by atomic mass is 10.0. The van der Waals surface area contributed by atoms with E-state index in [1.807, 2.05) is 0 Å². The highest BCUT2D eigenvalue weighted by Gasteiger charge is 2.15. The highest BCUT2D eigenvalue weighted by atomic mass is 32.2. The first-order chi connectivity index (χ1) is 11.1. The summed E-state index contributed by atoms with van der Waals surface area (Å²) < 4.78 is 28.4. The molecule has 0 aromatic heterocycles. The second-order valence-corrected chi connectivity index (χ2v) is 6.98. The van der Waals surface area contributed by atoms with Gasteiger partial charge in [0.25, 0.3) is 0 Å². The van der Waals surface area contributed by atoms with E-state index < -0.39 is 6.61 Å². The number of alkyl halides is 2. The number of carbonyl (C=O) groups is 1. The maximum absolute atomic E-state index is 12.0. The summed E-state index contributed by atoms with van der Waals surface area (Å²) in [7, 11) is 0. The third-order valence-electron chi connectivity index (χ3n) is 3.89. The molecule has 1 N–H and O–H groups in total. The van der Waals surface area contributed by atoms with Crippen LogP contribution in [0, 0.1) is 0 Å². The van der Waals surface area contributed by atoms with Crippen molar-refractivity contribution in [1.29, 1.82) is 0 Å². The monoisotopic (exact) mass is 343 g/mol. The minimum atomic E-state index is -2.80. The molecule has 0 bridgehead atoms. The van der Waals surface area contributed by atoms with E-state index in [1.165, 1.54) is 44.2 Å². The SMILES string of the molecule is O=C(CSC1CCCCC1)NCCc1ccc(OC(F)F)cc1. The predicted octanol–water partition coefficient (Wildman–Crippen LogP) is 4.01. The molecular formula is C17H23F2NO2S. The molecule has 0 spiro atoms. The Balaban J connectivity index is 1.61. The molecule has 3 nitrogen and oxygen atoms in total. The Kier molecular flexibility index (Phi) is 7.65. The summed E-state index contributed by atoms with van der Waals surface area (Å²) >= 11 is 1.76. The molecule has 1 amide bonds. The van der Waals surface area contributed by atoms with Gasteiger partial charge >= 0.3 is 6.61 Å². The highest BCUT2D eigenvalue weighted by Crippen LogP contribution is 2.27. The second-order valence-electron chi connectivity index (χ2n) is 5.69. The van der Waals surface area contributed by atoms with Crippen molar-refractivity contribution in [3.8, 4) is 5.75 Å². The number of carbonyl (C=O) groups excluding carboxylic acids is 1. The average molecular weight is 343 g/mol. The largest absolute Gasteiger partial charge is 0.435 e. The summed E-state index contributed by atoms with van der Waals surface area (Å²) in [6.07, 6.45) is 7.02. The van der Waals surface area contributed by atoms with Gasteiger partial charge in [-0.1, -0.05) is 31.4 Å². The van der Waals surface area contributed by atoms with Crippen LogP contribution in [0.5, 0.6) is 5.75 Å². The number of ether oxygens (including phenoxy) is 1. The Hall–Kier alpha value is -1.30. The normalized spacial score (nSPS) is 15.6. The molecule has 128 valence electrons. The third-order valence-corrected chi connectivity index (χ3v) is 5.26. The van der Waals surface area contributed by atoms with Crippen LogP contribution >= 0.6 is 11.8 Å².